The van der Waals surface area contributed by atoms with Crippen LogP contribution in [0.15, 0.2) is 24.3 Å². The van der Waals surface area contributed by atoms with Crippen molar-refractivity contribution < 1.29 is 13.2 Å². The Morgan fingerprint density at radius 2 is 1.86 bits per heavy atom. The lowest BCUT2D eigenvalue weighted by atomic mass is 10.1. The van der Waals surface area contributed by atoms with Crippen molar-refractivity contribution in [3.63, 3.8) is 0 Å². The van der Waals surface area contributed by atoms with Crippen molar-refractivity contribution in [2.45, 2.75) is 31.8 Å². The Balaban J connectivity index is 2.00. The van der Waals surface area contributed by atoms with E-state index in [0.29, 0.717) is 0 Å². The molecule has 0 aliphatic carbocycles. The molecule has 0 saturated carbocycles. The highest BCUT2D eigenvalue weighted by Crippen LogP contribution is 2.20. The van der Waals surface area contributed by atoms with Gasteiger partial charge in [0.1, 0.15) is 5.75 Å². The molecular weight excluding hydrogens is 288 g/mol. The molecule has 0 radical (unpaired) electrons. The summed E-state index contributed by atoms with van der Waals surface area (Å²) in [4.78, 5) is 0. The fourth-order valence-electron chi connectivity index (χ4n) is 2.56. The highest BCUT2D eigenvalue weighted by atomic mass is 32.2. The molecule has 1 aromatic rings. The lowest BCUT2D eigenvalue weighted by Crippen LogP contribution is -2.43. The number of sulfone groups is 1. The van der Waals surface area contributed by atoms with Gasteiger partial charge >= 0.3 is 0 Å². The lowest BCUT2D eigenvalue weighted by Gasteiger charge is -2.22. The van der Waals surface area contributed by atoms with Gasteiger partial charge in [0.15, 0.2) is 9.84 Å². The Morgan fingerprint density at radius 1 is 1.19 bits per heavy atom. The molecule has 21 heavy (non-hydrogen) atoms. The van der Waals surface area contributed by atoms with Crippen LogP contribution in [0, 0.1) is 0 Å². The van der Waals surface area contributed by atoms with E-state index in [9.17, 15) is 8.42 Å². The summed E-state index contributed by atoms with van der Waals surface area (Å²) in [6, 6.07) is 7.44. The van der Waals surface area contributed by atoms with Gasteiger partial charge in [-0.15, -0.1) is 0 Å². The summed E-state index contributed by atoms with van der Waals surface area (Å²) in [7, 11) is -1.34. The van der Waals surface area contributed by atoms with Crippen LogP contribution in [0.4, 0.5) is 5.69 Å². The molecule has 1 aliphatic heterocycles. The van der Waals surface area contributed by atoms with E-state index in [1.165, 1.54) is 0 Å². The Labute approximate surface area is 127 Å². The van der Waals surface area contributed by atoms with Gasteiger partial charge in [0.25, 0.3) is 0 Å². The van der Waals surface area contributed by atoms with Crippen molar-refractivity contribution >= 4 is 15.5 Å². The van der Waals surface area contributed by atoms with Crippen LogP contribution in [-0.4, -0.2) is 45.7 Å². The van der Waals surface area contributed by atoms with Gasteiger partial charge in [-0.25, -0.2) is 8.42 Å². The standard InChI is InChI=1S/C15H24N2O3S/c1-3-4-9-16-14-10-21(18,19)11-15(14)17-12-5-7-13(20-2)8-6-12/h5-8,14-17H,3-4,9-11H2,1-2H3. The van der Waals surface area contributed by atoms with Gasteiger partial charge < -0.3 is 15.4 Å². The number of nitrogens with one attached hydrogen (secondary N) is 2. The van der Waals surface area contributed by atoms with E-state index in [1.807, 2.05) is 24.3 Å². The van der Waals surface area contributed by atoms with Gasteiger partial charge in [-0.05, 0) is 37.2 Å². The van der Waals surface area contributed by atoms with Crippen LogP contribution in [0.5, 0.6) is 5.75 Å². The van der Waals surface area contributed by atoms with Crippen LogP contribution < -0.4 is 15.4 Å². The van der Waals surface area contributed by atoms with Gasteiger partial charge in [-0.3, -0.25) is 0 Å². The van der Waals surface area contributed by atoms with E-state index in [2.05, 4.69) is 17.6 Å². The van der Waals surface area contributed by atoms with Crippen molar-refractivity contribution in [3.05, 3.63) is 24.3 Å². The molecule has 1 fully saturated rings. The first-order valence-electron chi connectivity index (χ1n) is 7.38. The van der Waals surface area contributed by atoms with Gasteiger partial charge in [-0.1, -0.05) is 13.3 Å². The first kappa shape index (κ1) is 16.1. The molecular formula is C15H24N2O3S. The smallest absolute Gasteiger partial charge is 0.153 e. The number of hydrogen-bond acceptors (Lipinski definition) is 5. The number of unbranched alkanes of at least 4 members (excludes halogenated alkanes) is 1. The van der Waals surface area contributed by atoms with E-state index in [-0.39, 0.29) is 23.6 Å². The summed E-state index contributed by atoms with van der Waals surface area (Å²) < 4.78 is 28.9. The quantitative estimate of drug-likeness (QED) is 0.750. The van der Waals surface area contributed by atoms with Crippen molar-refractivity contribution in [1.29, 1.82) is 0 Å². The van der Waals surface area contributed by atoms with Crippen LogP contribution >= 0.6 is 0 Å². The molecule has 118 valence electrons. The number of ether oxygens (including phenoxy) is 1. The second-order valence-corrected chi connectivity index (χ2v) is 7.62. The molecule has 0 amide bonds. The average molecular weight is 312 g/mol. The molecule has 1 heterocycles. The predicted molar refractivity (Wildman–Crippen MR) is 85.8 cm³/mol. The zero-order chi connectivity index (χ0) is 15.3. The monoisotopic (exact) mass is 312 g/mol. The van der Waals surface area contributed by atoms with Crippen LogP contribution in [-0.2, 0) is 9.84 Å². The van der Waals surface area contributed by atoms with Crippen molar-refractivity contribution in [2.75, 3.05) is 30.5 Å². The molecule has 5 nitrogen and oxygen atoms in total. The summed E-state index contributed by atoms with van der Waals surface area (Å²) in [5.74, 6) is 1.19. The Bertz CT molecular complexity index is 543. The SMILES string of the molecule is CCCCNC1CS(=O)(=O)CC1Nc1ccc(OC)cc1. The van der Waals surface area contributed by atoms with E-state index in [0.717, 1.165) is 30.8 Å². The van der Waals surface area contributed by atoms with Crippen molar-refractivity contribution in [2.24, 2.45) is 0 Å². The van der Waals surface area contributed by atoms with Crippen LogP contribution in [0.25, 0.3) is 0 Å². The second-order valence-electron chi connectivity index (χ2n) is 5.47. The predicted octanol–water partition coefficient (Wildman–Crippen LogP) is 1.66. The van der Waals surface area contributed by atoms with E-state index < -0.39 is 9.84 Å². The highest BCUT2D eigenvalue weighted by Gasteiger charge is 2.37. The maximum absolute atomic E-state index is 11.9. The van der Waals surface area contributed by atoms with Gasteiger partial charge in [0.2, 0.25) is 0 Å². The highest BCUT2D eigenvalue weighted by molar-refractivity contribution is 7.91. The topological polar surface area (TPSA) is 67.4 Å². The Hall–Kier alpha value is -1.27. The number of anilines is 1. The number of methoxy groups -OCH3 is 1. The van der Waals surface area contributed by atoms with Crippen LogP contribution in [0.1, 0.15) is 19.8 Å². The fourth-order valence-corrected chi connectivity index (χ4v) is 4.45. The summed E-state index contributed by atoms with van der Waals surface area (Å²) in [5.41, 5.74) is 0.917. The molecule has 1 aromatic carbocycles. The van der Waals surface area contributed by atoms with Gasteiger partial charge in [-0.2, -0.15) is 0 Å². The van der Waals surface area contributed by atoms with Gasteiger partial charge in [0, 0.05) is 11.7 Å². The minimum absolute atomic E-state index is 0.0244. The molecule has 1 saturated heterocycles. The molecule has 6 heteroatoms. The first-order valence-corrected chi connectivity index (χ1v) is 9.20. The molecule has 1 aliphatic rings. The summed E-state index contributed by atoms with van der Waals surface area (Å²) in [5, 5.41) is 6.69. The van der Waals surface area contributed by atoms with E-state index in [1.54, 1.807) is 7.11 Å². The minimum atomic E-state index is -2.96. The second kappa shape index (κ2) is 7.13. The number of benzene rings is 1. The normalized spacial score (nSPS) is 23.9. The van der Waals surface area contributed by atoms with Gasteiger partial charge in [0.05, 0.1) is 24.7 Å². The lowest BCUT2D eigenvalue weighted by molar-refractivity contribution is 0.415. The average Bonchev–Trinajstić information content (AvgIpc) is 2.74. The zero-order valence-electron chi connectivity index (χ0n) is 12.6. The number of rotatable bonds is 7. The van der Waals surface area contributed by atoms with E-state index in [4.69, 9.17) is 4.74 Å². The molecule has 2 atom stereocenters. The fraction of sp³-hybridized carbons (Fsp3) is 0.600. The molecule has 0 spiro atoms. The maximum Gasteiger partial charge on any atom is 0.153 e. The summed E-state index contributed by atoms with van der Waals surface area (Å²) in [6.45, 7) is 2.98. The zero-order valence-corrected chi connectivity index (χ0v) is 13.4. The maximum atomic E-state index is 11.9. The largest absolute Gasteiger partial charge is 0.497 e. The summed E-state index contributed by atoms with van der Waals surface area (Å²) in [6.07, 6.45) is 2.16. The third-order valence-corrected chi connectivity index (χ3v) is 5.47. The first-order chi connectivity index (χ1) is 10.0. The minimum Gasteiger partial charge on any atom is -0.497 e. The molecule has 2 rings (SSSR count). The third-order valence-electron chi connectivity index (χ3n) is 3.73. The van der Waals surface area contributed by atoms with Crippen molar-refractivity contribution in [3.8, 4) is 5.75 Å². The molecule has 0 aromatic heterocycles. The van der Waals surface area contributed by atoms with E-state index >= 15 is 0 Å². The third kappa shape index (κ3) is 4.61. The molecule has 2 N–H and O–H groups in total. The molecule has 0 bridgehead atoms. The molecule has 2 unspecified atom stereocenters. The summed E-state index contributed by atoms with van der Waals surface area (Å²) >= 11 is 0. The number of hydrogen-bond donors (Lipinski definition) is 2. The Morgan fingerprint density at radius 3 is 2.48 bits per heavy atom. The van der Waals surface area contributed by atoms with Crippen LogP contribution in [0.2, 0.25) is 0 Å². The Kier molecular flexibility index (Phi) is 5.47. The van der Waals surface area contributed by atoms with Crippen molar-refractivity contribution in [1.82, 2.24) is 5.32 Å². The van der Waals surface area contributed by atoms with Crippen LogP contribution in [0.3, 0.4) is 0 Å².